The number of nitrogens with one attached hydrogen (secondary N) is 1. The number of halogens is 1. The Kier molecular flexibility index (Phi) is 14.0. The second kappa shape index (κ2) is 18.2. The number of morpholine rings is 1. The molecular formula is C35H47BrN4O6. The molecule has 1 aromatic heterocycles. The smallest absolute Gasteiger partial charge is 0.306 e. The summed E-state index contributed by atoms with van der Waals surface area (Å²) in [5, 5.41) is 13.8. The van der Waals surface area contributed by atoms with Gasteiger partial charge in [0.25, 0.3) is 0 Å². The van der Waals surface area contributed by atoms with E-state index in [0.29, 0.717) is 41.5 Å². The molecule has 1 atom stereocenters. The number of carbonyl (C=O) groups is 2. The number of nitrogens with zero attached hydrogens (tertiary/aromatic N) is 3. The van der Waals surface area contributed by atoms with Crippen molar-refractivity contribution < 1.29 is 28.9 Å². The number of anilines is 2. The molecule has 46 heavy (non-hydrogen) atoms. The summed E-state index contributed by atoms with van der Waals surface area (Å²) in [6.07, 6.45) is 7.70. The Morgan fingerprint density at radius 3 is 2.54 bits per heavy atom. The van der Waals surface area contributed by atoms with E-state index in [1.54, 1.807) is 7.11 Å². The van der Waals surface area contributed by atoms with Crippen molar-refractivity contribution in [3.8, 4) is 11.5 Å². The third-order valence-corrected chi connectivity index (χ3v) is 8.69. The first-order valence-electron chi connectivity index (χ1n) is 16.3. The first kappa shape index (κ1) is 35.6. The van der Waals surface area contributed by atoms with Gasteiger partial charge in [-0.2, -0.15) is 0 Å². The van der Waals surface area contributed by atoms with E-state index in [9.17, 15) is 14.7 Å². The Balaban J connectivity index is 1.40. The number of carboxylic acid groups (broad SMARTS) is 1. The van der Waals surface area contributed by atoms with Crippen LogP contribution < -0.4 is 14.8 Å². The number of aliphatic carboxylic acids is 1. The van der Waals surface area contributed by atoms with Gasteiger partial charge >= 0.3 is 5.97 Å². The highest BCUT2D eigenvalue weighted by Gasteiger charge is 2.23. The van der Waals surface area contributed by atoms with E-state index in [2.05, 4.69) is 36.1 Å². The number of aromatic nitrogens is 2. The summed E-state index contributed by atoms with van der Waals surface area (Å²) in [5.41, 5.74) is 2.14. The number of carboxylic acids is 1. The lowest BCUT2D eigenvalue weighted by atomic mass is 9.90. The van der Waals surface area contributed by atoms with Crippen molar-refractivity contribution in [2.45, 2.75) is 65.2 Å². The number of methoxy groups -OCH3 is 1. The van der Waals surface area contributed by atoms with Gasteiger partial charge < -0.3 is 24.6 Å². The number of benzene rings is 2. The van der Waals surface area contributed by atoms with Crippen molar-refractivity contribution in [1.29, 1.82) is 0 Å². The molecule has 250 valence electrons. The minimum Gasteiger partial charge on any atom is -0.493 e. The van der Waals surface area contributed by atoms with Gasteiger partial charge in [0.05, 0.1) is 38.4 Å². The van der Waals surface area contributed by atoms with E-state index in [1.807, 2.05) is 44.2 Å². The minimum absolute atomic E-state index is 0.00557. The predicted octanol–water partition coefficient (Wildman–Crippen LogP) is 7.05. The van der Waals surface area contributed by atoms with Crippen LogP contribution in [0.25, 0.3) is 10.9 Å². The second-order valence-corrected chi connectivity index (χ2v) is 13.2. The molecule has 4 rings (SSSR count). The molecule has 1 aliphatic heterocycles. The van der Waals surface area contributed by atoms with Crippen molar-refractivity contribution in [2.75, 3.05) is 51.9 Å². The molecule has 2 N–H and O–H groups in total. The number of hydrogen-bond acceptors (Lipinski definition) is 9. The molecule has 2 heterocycles. The Morgan fingerprint density at radius 1 is 1.04 bits per heavy atom. The molecular weight excluding hydrogens is 652 g/mol. The van der Waals surface area contributed by atoms with E-state index in [-0.39, 0.29) is 24.5 Å². The van der Waals surface area contributed by atoms with Gasteiger partial charge in [0.15, 0.2) is 11.5 Å². The molecule has 0 amide bonds. The fraction of sp³-hybridized carbons (Fsp3) is 0.543. The second-order valence-electron chi connectivity index (χ2n) is 12.3. The van der Waals surface area contributed by atoms with Crippen LogP contribution in [0.5, 0.6) is 11.5 Å². The van der Waals surface area contributed by atoms with Gasteiger partial charge in [0, 0.05) is 47.5 Å². The van der Waals surface area contributed by atoms with E-state index >= 15 is 0 Å². The summed E-state index contributed by atoms with van der Waals surface area (Å²) in [6, 6.07) is 9.36. The number of hydrogen-bond donors (Lipinski definition) is 2. The summed E-state index contributed by atoms with van der Waals surface area (Å²) in [6.45, 7) is 9.43. The van der Waals surface area contributed by atoms with Crippen LogP contribution in [0.1, 0.15) is 64.4 Å². The third-order valence-electron chi connectivity index (χ3n) is 8.19. The maximum atomic E-state index is 13.0. The van der Waals surface area contributed by atoms with Crippen molar-refractivity contribution in [3.05, 3.63) is 46.7 Å². The first-order valence-corrected chi connectivity index (χ1v) is 17.1. The lowest BCUT2D eigenvalue weighted by Gasteiger charge is -2.26. The molecule has 1 saturated heterocycles. The zero-order valence-electron chi connectivity index (χ0n) is 27.2. The van der Waals surface area contributed by atoms with E-state index in [1.165, 1.54) is 25.6 Å². The molecule has 0 aliphatic carbocycles. The number of ketones is 1. The summed E-state index contributed by atoms with van der Waals surface area (Å²) < 4.78 is 18.1. The number of carbonyl (C=O) groups excluding carboxylic acids is 1. The molecule has 3 aromatic rings. The Hall–Kier alpha value is -3.28. The van der Waals surface area contributed by atoms with Gasteiger partial charge in [-0.15, -0.1) is 0 Å². The van der Waals surface area contributed by atoms with Gasteiger partial charge in [0.2, 0.25) is 0 Å². The normalized spacial score (nSPS) is 14.4. The van der Waals surface area contributed by atoms with Crippen LogP contribution in [0.2, 0.25) is 0 Å². The number of unbranched alkanes of at least 4 members (excludes halogenated alkanes) is 4. The zero-order valence-corrected chi connectivity index (χ0v) is 28.8. The maximum absolute atomic E-state index is 13.0. The van der Waals surface area contributed by atoms with Crippen molar-refractivity contribution >= 4 is 50.1 Å². The predicted molar refractivity (Wildman–Crippen MR) is 183 cm³/mol. The molecule has 0 spiro atoms. The monoisotopic (exact) mass is 698 g/mol. The number of Topliss-reactive ketones (excluding diaryl/α,β-unsaturated/α-hetero) is 1. The zero-order chi connectivity index (χ0) is 32.9. The molecule has 0 radical (unpaired) electrons. The van der Waals surface area contributed by atoms with Crippen LogP contribution in [0.3, 0.4) is 0 Å². The Labute approximate surface area is 280 Å². The largest absolute Gasteiger partial charge is 0.493 e. The Bertz CT molecular complexity index is 1450. The number of ether oxygens (including phenoxy) is 3. The standard InChI is InChI=1S/C35H47BrN4O6/c1-24(2)17-26(35(42)43)19-28(41)18-25-9-10-27(36)20-30(25)39-34-29-21-33(32(44-3)22-31(29)37-23-38-34)46-14-8-6-4-5-7-11-40-12-15-45-16-13-40/h9-10,20-24,26H,4-8,11-19H2,1-3H3,(H,42,43)(H,37,38,39)/t26-/m1/s1. The topological polar surface area (TPSA) is 123 Å². The summed E-state index contributed by atoms with van der Waals surface area (Å²) in [4.78, 5) is 36.2. The lowest BCUT2D eigenvalue weighted by molar-refractivity contribution is -0.144. The van der Waals surface area contributed by atoms with Gasteiger partial charge in [-0.1, -0.05) is 55.1 Å². The van der Waals surface area contributed by atoms with Gasteiger partial charge in [-0.25, -0.2) is 9.97 Å². The van der Waals surface area contributed by atoms with Gasteiger partial charge in [0.1, 0.15) is 17.9 Å². The molecule has 0 unspecified atom stereocenters. The quantitative estimate of drug-likeness (QED) is 0.126. The summed E-state index contributed by atoms with van der Waals surface area (Å²) >= 11 is 3.54. The molecule has 0 saturated carbocycles. The van der Waals surface area contributed by atoms with Crippen LogP contribution in [0.15, 0.2) is 41.1 Å². The molecule has 11 heteroatoms. The van der Waals surface area contributed by atoms with Gasteiger partial charge in [-0.3, -0.25) is 14.5 Å². The van der Waals surface area contributed by atoms with Crippen LogP contribution in [0, 0.1) is 11.8 Å². The Morgan fingerprint density at radius 2 is 1.80 bits per heavy atom. The highest BCUT2D eigenvalue weighted by atomic mass is 79.9. The highest BCUT2D eigenvalue weighted by Crippen LogP contribution is 2.36. The van der Waals surface area contributed by atoms with Crippen molar-refractivity contribution in [2.24, 2.45) is 11.8 Å². The van der Waals surface area contributed by atoms with Crippen LogP contribution in [-0.2, 0) is 20.7 Å². The maximum Gasteiger partial charge on any atom is 0.306 e. The van der Waals surface area contributed by atoms with E-state index in [4.69, 9.17) is 14.2 Å². The molecule has 2 aromatic carbocycles. The number of rotatable bonds is 19. The van der Waals surface area contributed by atoms with Crippen molar-refractivity contribution in [3.63, 3.8) is 0 Å². The molecule has 1 aliphatic rings. The van der Waals surface area contributed by atoms with E-state index in [0.717, 1.165) is 61.1 Å². The average molecular weight is 700 g/mol. The molecule has 10 nitrogen and oxygen atoms in total. The average Bonchev–Trinajstić information content (AvgIpc) is 3.03. The van der Waals surface area contributed by atoms with Gasteiger partial charge in [-0.05, 0) is 55.5 Å². The molecule has 1 fully saturated rings. The summed E-state index contributed by atoms with van der Waals surface area (Å²) in [7, 11) is 1.61. The fourth-order valence-electron chi connectivity index (χ4n) is 5.76. The first-order chi connectivity index (χ1) is 22.2. The SMILES string of the molecule is COc1cc2ncnc(Nc3cc(Br)ccc3CC(=O)C[C@@H](CC(C)C)C(=O)O)c2cc1OCCCCCCCN1CCOCC1. The highest BCUT2D eigenvalue weighted by molar-refractivity contribution is 9.10. The summed E-state index contributed by atoms with van der Waals surface area (Å²) in [5.74, 6) is 0.223. The minimum atomic E-state index is -0.934. The van der Waals surface area contributed by atoms with Crippen LogP contribution in [-0.4, -0.2) is 78.3 Å². The molecule has 0 bridgehead atoms. The van der Waals surface area contributed by atoms with Crippen LogP contribution >= 0.6 is 15.9 Å². The van der Waals surface area contributed by atoms with Crippen LogP contribution in [0.4, 0.5) is 11.5 Å². The fourth-order valence-corrected chi connectivity index (χ4v) is 6.12. The van der Waals surface area contributed by atoms with E-state index < -0.39 is 11.9 Å². The van der Waals surface area contributed by atoms with Crippen molar-refractivity contribution in [1.82, 2.24) is 14.9 Å². The third kappa shape index (κ3) is 10.9. The number of fused-ring (bicyclic) bond motifs is 1. The lowest BCUT2D eigenvalue weighted by Crippen LogP contribution is -2.36.